The number of carbonyl (C=O) groups is 9. The number of hydrogen-bond acceptors (Lipinski definition) is 17. The zero-order valence-electron chi connectivity index (χ0n) is 37.6. The first-order valence-corrected chi connectivity index (χ1v) is 21.8. The molecule has 1 aliphatic heterocycles. The highest BCUT2D eigenvalue weighted by Crippen LogP contribution is 2.12. The van der Waals surface area contributed by atoms with Gasteiger partial charge >= 0.3 is 11.9 Å². The molecule has 380 valence electrons. The Hall–Kier alpha value is -6.49. The van der Waals surface area contributed by atoms with E-state index in [1.54, 1.807) is 0 Å². The monoisotopic (exact) mass is 963 g/mol. The van der Waals surface area contributed by atoms with Gasteiger partial charge in [-0.1, -0.05) is 61.6 Å². The number of ether oxygens (including phenoxy) is 1. The van der Waals surface area contributed by atoms with E-state index in [1.165, 1.54) is 6.92 Å². The summed E-state index contributed by atoms with van der Waals surface area (Å²) in [6.45, 7) is 1.23. The predicted molar refractivity (Wildman–Crippen MR) is 224 cm³/mol. The molecule has 29 nitrogen and oxygen atoms in total. The first-order chi connectivity index (χ1) is 31.6. The number of carboxylic acid groups (broad SMARTS) is 1. The first-order valence-electron chi connectivity index (χ1n) is 21.8. The summed E-state index contributed by atoms with van der Waals surface area (Å²) in [6.07, 6.45) is 0.0156. The Balaban J connectivity index is 3.45. The summed E-state index contributed by atoms with van der Waals surface area (Å²) in [5.41, 5.74) is 0. The molecule has 1 heterocycles. The summed E-state index contributed by atoms with van der Waals surface area (Å²) in [5, 5.41) is 101. The van der Waals surface area contributed by atoms with Gasteiger partial charge in [0, 0.05) is 12.8 Å². The van der Waals surface area contributed by atoms with Gasteiger partial charge in [-0.2, -0.15) is 0 Å². The Morgan fingerprint density at radius 2 is 1.34 bits per heavy atom. The molecule has 0 aromatic heterocycles. The van der Waals surface area contributed by atoms with Crippen molar-refractivity contribution in [3.8, 4) is 0 Å². The molecule has 13 N–H and O–H groups in total. The van der Waals surface area contributed by atoms with Gasteiger partial charge in [0.05, 0.1) is 25.2 Å². The van der Waals surface area contributed by atoms with Crippen molar-refractivity contribution in [1.82, 2.24) is 37.2 Å². The molecule has 0 saturated carbocycles. The minimum absolute atomic E-state index is 0.145. The van der Waals surface area contributed by atoms with E-state index in [-0.39, 0.29) is 35.4 Å². The fraction of sp³-hybridized carbons (Fsp3) is 0.763. The van der Waals surface area contributed by atoms with E-state index >= 15 is 0 Å². The van der Waals surface area contributed by atoms with E-state index in [0.717, 1.165) is 45.4 Å². The molecular weight excluding hydrogens is 898 g/mol. The maximum atomic E-state index is 13.8. The Bertz CT molecular complexity index is 1730. The van der Waals surface area contributed by atoms with Crippen LogP contribution in [-0.2, 0) is 47.9 Å². The van der Waals surface area contributed by atoms with Crippen molar-refractivity contribution in [3.63, 3.8) is 0 Å². The summed E-state index contributed by atoms with van der Waals surface area (Å²) >= 11 is 0. The van der Waals surface area contributed by atoms with E-state index < -0.39 is 141 Å². The van der Waals surface area contributed by atoms with Crippen molar-refractivity contribution in [2.45, 2.75) is 159 Å². The molecule has 1 fully saturated rings. The largest absolute Gasteiger partial charge is 0.597 e. The maximum Gasteiger partial charge on any atom is 0.335 e. The normalized spacial score (nSPS) is 22.1. The zero-order valence-corrected chi connectivity index (χ0v) is 37.6. The van der Waals surface area contributed by atoms with Crippen LogP contribution in [0.15, 0.2) is 10.6 Å². The molecule has 0 spiro atoms. The smallest absolute Gasteiger partial charge is 0.335 e. The number of aliphatic hydroxyl groups excluding tert-OH is 3. The van der Waals surface area contributed by atoms with Crippen LogP contribution in [0.1, 0.15) is 104 Å². The number of aliphatic hydroxyl groups is 3. The number of carboxylic acids is 1. The highest BCUT2D eigenvalue weighted by atomic mass is 16.6. The molecule has 0 radical (unpaired) electrons. The highest BCUT2D eigenvalue weighted by molar-refractivity contribution is 5.98. The number of nitrogens with zero attached hydrogens (tertiary/aromatic N) is 4. The van der Waals surface area contributed by atoms with Crippen molar-refractivity contribution >= 4 is 53.3 Å². The van der Waals surface area contributed by atoms with Crippen LogP contribution in [0.2, 0.25) is 0 Å². The van der Waals surface area contributed by atoms with Gasteiger partial charge in [-0.3, -0.25) is 33.6 Å². The average molecular weight is 964 g/mol. The molecule has 1 aliphatic rings. The van der Waals surface area contributed by atoms with Gasteiger partial charge in [0.1, 0.15) is 42.9 Å². The van der Waals surface area contributed by atoms with Crippen LogP contribution in [0, 0.1) is 10.4 Å². The maximum absolute atomic E-state index is 13.8. The Morgan fingerprint density at radius 3 is 1.91 bits per heavy atom. The number of hydroxylamine groups is 2. The van der Waals surface area contributed by atoms with Crippen molar-refractivity contribution in [1.29, 1.82) is 0 Å². The Kier molecular flexibility index (Phi) is 27.5. The lowest BCUT2D eigenvalue weighted by Crippen LogP contribution is -2.64. The predicted octanol–water partition coefficient (Wildman–Crippen LogP) is -3.43. The lowest BCUT2D eigenvalue weighted by Gasteiger charge is -2.29. The van der Waals surface area contributed by atoms with E-state index in [9.17, 15) is 74.0 Å². The molecule has 67 heavy (non-hydrogen) atoms. The summed E-state index contributed by atoms with van der Waals surface area (Å²) < 4.78 is 5.22. The third-order valence-corrected chi connectivity index (χ3v) is 10.1. The van der Waals surface area contributed by atoms with Crippen molar-refractivity contribution in [2.24, 2.45) is 10.6 Å². The van der Waals surface area contributed by atoms with E-state index in [4.69, 9.17) is 15.2 Å². The molecule has 0 aromatic carbocycles. The van der Waals surface area contributed by atoms with Crippen LogP contribution in [0.4, 0.5) is 0 Å². The summed E-state index contributed by atoms with van der Waals surface area (Å²) in [7, 11) is 0. The molecular formula is C38H65N11O18. The second-order valence-corrected chi connectivity index (χ2v) is 15.8. The fourth-order valence-electron chi connectivity index (χ4n) is 6.33. The fourth-order valence-corrected chi connectivity index (χ4v) is 6.33. The van der Waals surface area contributed by atoms with Crippen LogP contribution in [0.3, 0.4) is 0 Å². The zero-order chi connectivity index (χ0) is 50.6. The van der Waals surface area contributed by atoms with Crippen LogP contribution in [0.25, 0.3) is 0 Å². The Labute approximate surface area is 384 Å². The lowest BCUT2D eigenvalue weighted by molar-refractivity contribution is -0.556. The second-order valence-electron chi connectivity index (χ2n) is 15.8. The van der Waals surface area contributed by atoms with Crippen molar-refractivity contribution in [2.75, 3.05) is 26.2 Å². The van der Waals surface area contributed by atoms with Gasteiger partial charge in [-0.05, 0) is 33.1 Å². The number of rotatable bonds is 26. The molecule has 1 saturated heterocycles. The number of carbonyl (C=O) groups excluding carboxylic acids is 8. The minimum Gasteiger partial charge on any atom is -0.597 e. The number of cyclic esters (lactones) is 1. The Morgan fingerprint density at radius 1 is 0.776 bits per heavy atom. The number of amides is 7. The molecule has 9 atom stereocenters. The van der Waals surface area contributed by atoms with Gasteiger partial charge in [-0.25, -0.2) is 9.59 Å². The topological polar surface area (TPSA) is 445 Å². The summed E-state index contributed by atoms with van der Waals surface area (Å²) in [4.78, 5) is 118. The van der Waals surface area contributed by atoms with Gasteiger partial charge in [0.25, 0.3) is 0 Å². The number of nitrogens with one attached hydrogen (secondary N) is 7. The molecule has 0 unspecified atom stereocenters. The van der Waals surface area contributed by atoms with Crippen LogP contribution in [-0.4, -0.2) is 175 Å². The SMILES string of the molecule is CCCCCCCCC[C@@H](O)CC(=O)NCC(=O)N[C@@H](C(=O)N[C@H]1COC(=O)[C@@H](CCC[N+]([O-])=NO)NC(=O)[C@H](C)NC(=O)[C@@H](CCC[N+]([O-])=NO)NC(=O)[C@@H]([C@@H](C)O)NC1=O)[C@@H](O)C(=O)O. The average Bonchev–Trinajstić information content (AvgIpc) is 3.28. The first kappa shape index (κ1) is 58.5. The lowest BCUT2D eigenvalue weighted by atomic mass is 10.0. The number of esters is 1. The van der Waals surface area contributed by atoms with Crippen molar-refractivity contribution < 1.29 is 88.4 Å². The molecule has 0 bridgehead atoms. The third kappa shape index (κ3) is 23.0. The number of hydrogen-bond donors (Lipinski definition) is 13. The number of aliphatic carboxylic acids is 1. The molecule has 7 amide bonds. The van der Waals surface area contributed by atoms with Gasteiger partial charge < -0.3 is 83.2 Å². The van der Waals surface area contributed by atoms with Crippen LogP contribution < -0.4 is 37.2 Å². The van der Waals surface area contributed by atoms with Crippen molar-refractivity contribution in [3.05, 3.63) is 10.4 Å². The summed E-state index contributed by atoms with van der Waals surface area (Å²) in [6, 6.07) is -11.3. The van der Waals surface area contributed by atoms with Gasteiger partial charge in [0.2, 0.25) is 41.4 Å². The number of unbranched alkanes of at least 4 members (excludes halogenated alkanes) is 6. The highest BCUT2D eigenvalue weighted by Gasteiger charge is 2.39. The second kappa shape index (κ2) is 31.4. The molecule has 29 heteroatoms. The molecule has 0 aromatic rings. The van der Waals surface area contributed by atoms with Gasteiger partial charge in [-0.15, -0.1) is 0 Å². The van der Waals surface area contributed by atoms with E-state index in [1.807, 2.05) is 10.6 Å². The van der Waals surface area contributed by atoms with Crippen LogP contribution in [0.5, 0.6) is 0 Å². The molecule has 0 aliphatic carbocycles. The van der Waals surface area contributed by atoms with Gasteiger partial charge in [0.15, 0.2) is 29.7 Å². The standard InChI is InChI=1S/C38H65N11O18/c1-4-5-6-7-8-9-10-13-23(51)18-27(52)39-19-28(53)44-30(31(54)37(60)61)36(59)43-26-20-67-38(62)25(15-12-17-49(66)47-64)42-32(55)21(2)40-33(56)24(14-11-16-48(65)46-63)41-35(58)29(22(3)50)45-34(26)57/h21-26,29-31,50-51,54,63-64H,4-20H2,1-3H3,(H,39,52)(H,40,56)(H,41,58)(H,42,55)(H,43,59)(H,44,53)(H,45,57)(H,60,61)/t21-,22+,23+,24+,25+,26-,29+,30+,31+/m0/s1. The van der Waals surface area contributed by atoms with E-state index in [2.05, 4.69) is 44.1 Å². The third-order valence-electron chi connectivity index (χ3n) is 10.1. The quantitative estimate of drug-likeness (QED) is 0.0132. The molecule has 1 rings (SSSR count). The van der Waals surface area contributed by atoms with Crippen LogP contribution >= 0.6 is 0 Å². The summed E-state index contributed by atoms with van der Waals surface area (Å²) in [5.74, 6) is -11.8. The van der Waals surface area contributed by atoms with E-state index in [0.29, 0.717) is 12.8 Å². The minimum atomic E-state index is -2.72.